The molecule has 1 aliphatic carbocycles. The van der Waals surface area contributed by atoms with Gasteiger partial charge in [-0.25, -0.2) is 0 Å². The highest BCUT2D eigenvalue weighted by Crippen LogP contribution is 2.62. The number of methoxy groups -OCH3 is 1. The third-order valence-electron chi connectivity index (χ3n) is 6.51. The number of hydrogen-bond donors (Lipinski definition) is 1. The summed E-state index contributed by atoms with van der Waals surface area (Å²) in [6.07, 6.45) is 1.66. The highest BCUT2D eigenvalue weighted by molar-refractivity contribution is 5.65. The molecule has 4 heterocycles. The minimum absolute atomic E-state index is 0.0210. The van der Waals surface area contributed by atoms with E-state index in [1.165, 1.54) is 5.56 Å². The number of rotatable bonds is 1. The van der Waals surface area contributed by atoms with E-state index >= 15 is 0 Å². The van der Waals surface area contributed by atoms with Crippen molar-refractivity contribution in [1.82, 2.24) is 4.90 Å². The van der Waals surface area contributed by atoms with Crippen LogP contribution in [0.4, 0.5) is 0 Å². The van der Waals surface area contributed by atoms with E-state index in [9.17, 15) is 5.11 Å². The zero-order chi connectivity index (χ0) is 15.3. The maximum atomic E-state index is 11.1. The summed E-state index contributed by atoms with van der Waals surface area (Å²) in [6.45, 7) is 2.11. The molecule has 6 rings (SSSR count). The summed E-state index contributed by atoms with van der Waals surface area (Å²) in [4.78, 5) is 2.49. The lowest BCUT2D eigenvalue weighted by Crippen LogP contribution is -2.58. The predicted octanol–water partition coefficient (Wildman–Crippen LogP) is 0.782. The van der Waals surface area contributed by atoms with E-state index in [1.54, 1.807) is 7.11 Å². The quantitative estimate of drug-likeness (QED) is 0.773. The summed E-state index contributed by atoms with van der Waals surface area (Å²) >= 11 is 0. The van der Waals surface area contributed by atoms with Crippen LogP contribution in [-0.4, -0.2) is 54.8 Å². The Morgan fingerprint density at radius 2 is 2.30 bits per heavy atom. The molecule has 6 nitrogen and oxygen atoms in total. The van der Waals surface area contributed by atoms with E-state index in [0.717, 1.165) is 43.0 Å². The third kappa shape index (κ3) is 1.33. The molecule has 6 unspecified atom stereocenters. The van der Waals surface area contributed by atoms with E-state index in [2.05, 4.69) is 11.0 Å². The molecule has 0 radical (unpaired) electrons. The summed E-state index contributed by atoms with van der Waals surface area (Å²) in [6, 6.07) is 2.39. The second-order valence-corrected chi connectivity index (χ2v) is 7.27. The lowest BCUT2D eigenvalue weighted by molar-refractivity contribution is 0.0116. The second kappa shape index (κ2) is 3.94. The fraction of sp³-hybridized carbons (Fsp3) is 0.647. The average Bonchev–Trinajstić information content (AvgIpc) is 3.10. The summed E-state index contributed by atoms with van der Waals surface area (Å²) in [5.74, 6) is 2.19. The molecule has 1 aromatic carbocycles. The molecule has 5 aliphatic rings. The Kier molecular flexibility index (Phi) is 2.20. The summed E-state index contributed by atoms with van der Waals surface area (Å²) in [5, 5.41) is 11.1. The molecule has 2 saturated heterocycles. The normalized spacial score (nSPS) is 44.3. The van der Waals surface area contributed by atoms with Gasteiger partial charge in [0.2, 0.25) is 12.5 Å². The molecule has 0 spiro atoms. The van der Waals surface area contributed by atoms with Crippen LogP contribution in [0.25, 0.3) is 0 Å². The van der Waals surface area contributed by atoms with Crippen LogP contribution in [0.2, 0.25) is 0 Å². The molecule has 122 valence electrons. The number of nitrogens with zero attached hydrogens (tertiary/aromatic N) is 1. The largest absolute Gasteiger partial charge is 0.492 e. The SMILES string of the molecule is COc1c2c(cc3c1C14CCN(C3)C1CC1OC1C4O)OCO2. The molecule has 6 heteroatoms. The maximum Gasteiger partial charge on any atom is 0.231 e. The molecule has 0 amide bonds. The van der Waals surface area contributed by atoms with Crippen molar-refractivity contribution in [2.75, 3.05) is 20.4 Å². The van der Waals surface area contributed by atoms with Crippen LogP contribution >= 0.6 is 0 Å². The lowest BCUT2D eigenvalue weighted by atomic mass is 9.61. The minimum Gasteiger partial charge on any atom is -0.492 e. The summed E-state index contributed by atoms with van der Waals surface area (Å²) in [7, 11) is 1.68. The Hall–Kier alpha value is -1.50. The van der Waals surface area contributed by atoms with Gasteiger partial charge in [0, 0.05) is 23.6 Å². The molecule has 4 aliphatic heterocycles. The summed E-state index contributed by atoms with van der Waals surface area (Å²) in [5.41, 5.74) is 2.01. The van der Waals surface area contributed by atoms with E-state index in [-0.39, 0.29) is 24.4 Å². The number of aliphatic hydroxyl groups excluding tert-OH is 1. The molecule has 1 saturated carbocycles. The van der Waals surface area contributed by atoms with Crippen molar-refractivity contribution in [3.63, 3.8) is 0 Å². The predicted molar refractivity (Wildman–Crippen MR) is 78.9 cm³/mol. The van der Waals surface area contributed by atoms with Crippen molar-refractivity contribution < 1.29 is 24.1 Å². The zero-order valence-corrected chi connectivity index (χ0v) is 12.9. The van der Waals surface area contributed by atoms with Gasteiger partial charge in [0.25, 0.3) is 0 Å². The van der Waals surface area contributed by atoms with Gasteiger partial charge in [-0.05, 0) is 31.0 Å². The first-order valence-electron chi connectivity index (χ1n) is 8.31. The Balaban J connectivity index is 1.64. The van der Waals surface area contributed by atoms with Crippen LogP contribution in [0, 0.1) is 0 Å². The van der Waals surface area contributed by atoms with Crippen molar-refractivity contribution >= 4 is 0 Å². The zero-order valence-electron chi connectivity index (χ0n) is 12.9. The molecule has 0 aromatic heterocycles. The third-order valence-corrected chi connectivity index (χ3v) is 6.51. The first kappa shape index (κ1) is 12.9. The Bertz CT molecular complexity index is 721. The van der Waals surface area contributed by atoms with Crippen molar-refractivity contribution in [2.45, 2.75) is 49.2 Å². The van der Waals surface area contributed by atoms with Crippen LogP contribution < -0.4 is 14.2 Å². The van der Waals surface area contributed by atoms with E-state index in [1.807, 2.05) is 0 Å². The molecular weight excluding hydrogens is 298 g/mol. The lowest BCUT2D eigenvalue weighted by Gasteiger charge is -2.48. The van der Waals surface area contributed by atoms with Crippen molar-refractivity contribution in [3.8, 4) is 17.2 Å². The highest BCUT2D eigenvalue weighted by Gasteiger charge is 2.68. The van der Waals surface area contributed by atoms with Crippen molar-refractivity contribution in [3.05, 3.63) is 17.2 Å². The molecule has 6 atom stereocenters. The van der Waals surface area contributed by atoms with E-state index < -0.39 is 6.10 Å². The molecule has 23 heavy (non-hydrogen) atoms. The van der Waals surface area contributed by atoms with Crippen LogP contribution in [0.5, 0.6) is 17.2 Å². The highest BCUT2D eigenvalue weighted by atomic mass is 16.7. The van der Waals surface area contributed by atoms with Gasteiger partial charge in [0.15, 0.2) is 11.5 Å². The molecule has 2 bridgehead atoms. The first-order chi connectivity index (χ1) is 11.2. The van der Waals surface area contributed by atoms with Crippen molar-refractivity contribution in [2.24, 2.45) is 0 Å². The van der Waals surface area contributed by atoms with Gasteiger partial charge in [0.1, 0.15) is 6.10 Å². The molecule has 1 aromatic rings. The first-order valence-corrected chi connectivity index (χ1v) is 8.31. The number of fused-ring (bicyclic) bond motifs is 3. The van der Waals surface area contributed by atoms with E-state index in [4.69, 9.17) is 18.9 Å². The number of epoxide rings is 1. The van der Waals surface area contributed by atoms with Gasteiger partial charge in [-0.15, -0.1) is 0 Å². The molecular formula is C17H19NO5. The van der Waals surface area contributed by atoms with Crippen LogP contribution in [0.1, 0.15) is 24.0 Å². The van der Waals surface area contributed by atoms with E-state index in [0.29, 0.717) is 11.8 Å². The van der Waals surface area contributed by atoms with Crippen LogP contribution in [0.15, 0.2) is 6.07 Å². The monoisotopic (exact) mass is 317 g/mol. The molecule has 3 fully saturated rings. The second-order valence-electron chi connectivity index (χ2n) is 7.27. The number of hydrogen-bond acceptors (Lipinski definition) is 6. The minimum atomic E-state index is -0.482. The van der Waals surface area contributed by atoms with Crippen LogP contribution in [-0.2, 0) is 16.7 Å². The van der Waals surface area contributed by atoms with Gasteiger partial charge in [0.05, 0.1) is 19.3 Å². The molecule has 1 N–H and O–H groups in total. The fourth-order valence-corrected chi connectivity index (χ4v) is 5.56. The maximum absolute atomic E-state index is 11.1. The Morgan fingerprint density at radius 3 is 3.17 bits per heavy atom. The topological polar surface area (TPSA) is 63.7 Å². The van der Waals surface area contributed by atoms with Gasteiger partial charge in [-0.1, -0.05) is 0 Å². The fourth-order valence-electron chi connectivity index (χ4n) is 5.56. The van der Waals surface area contributed by atoms with Gasteiger partial charge >= 0.3 is 0 Å². The standard InChI is InChI=1S/C17H19NO5/c1-20-15-12-8(4-9-13(15)22-7-21-9)6-18-3-2-17(12)11(18)5-10-14(23-10)16(17)19/h4,10-11,14,16,19H,2-3,5-7H2,1H3. The summed E-state index contributed by atoms with van der Waals surface area (Å²) < 4.78 is 22.8. The number of aliphatic hydroxyl groups is 1. The smallest absolute Gasteiger partial charge is 0.231 e. The number of benzene rings is 1. The van der Waals surface area contributed by atoms with Gasteiger partial charge in [-0.2, -0.15) is 0 Å². The average molecular weight is 317 g/mol. The van der Waals surface area contributed by atoms with Crippen LogP contribution in [0.3, 0.4) is 0 Å². The van der Waals surface area contributed by atoms with Gasteiger partial charge in [-0.3, -0.25) is 4.90 Å². The van der Waals surface area contributed by atoms with Gasteiger partial charge < -0.3 is 24.1 Å². The Labute approximate surface area is 133 Å². The van der Waals surface area contributed by atoms with Crippen molar-refractivity contribution in [1.29, 1.82) is 0 Å². The number of ether oxygens (including phenoxy) is 4. The Morgan fingerprint density at radius 1 is 1.39 bits per heavy atom.